The van der Waals surface area contributed by atoms with Crippen molar-refractivity contribution in [3.8, 4) is 0 Å². The number of hydrogen-bond donors (Lipinski definition) is 2. The topological polar surface area (TPSA) is 129 Å². The molecule has 0 fully saturated rings. The Hall–Kier alpha value is -2.19. The maximum Gasteiger partial charge on any atom is 0.550 e. The zero-order valence-electron chi connectivity index (χ0n) is 17.5. The van der Waals surface area contributed by atoms with Gasteiger partial charge in [-0.2, -0.15) is 19.4 Å². The van der Waals surface area contributed by atoms with Crippen LogP contribution in [0.2, 0.25) is 0 Å². The van der Waals surface area contributed by atoms with Crippen LogP contribution < -0.4 is 0 Å². The van der Waals surface area contributed by atoms with E-state index in [1.165, 1.54) is 0 Å². The molecule has 0 aliphatic rings. The van der Waals surface area contributed by atoms with E-state index in [-0.39, 0.29) is 13.2 Å². The van der Waals surface area contributed by atoms with Crippen LogP contribution in [0.25, 0.3) is 0 Å². The van der Waals surface area contributed by atoms with Gasteiger partial charge in [0.2, 0.25) is 0 Å². The molecule has 0 amide bonds. The summed E-state index contributed by atoms with van der Waals surface area (Å²) in [7, 11) is 0. The van der Waals surface area contributed by atoms with Gasteiger partial charge >= 0.3 is 18.5 Å². The van der Waals surface area contributed by atoms with Crippen LogP contribution >= 0.6 is 0 Å². The number of hydrogen-bond acceptors (Lipinski definition) is 7. The van der Waals surface area contributed by atoms with E-state index in [1.807, 2.05) is 13.8 Å². The average molecular weight is 408 g/mol. The van der Waals surface area contributed by atoms with E-state index in [4.69, 9.17) is 24.5 Å². The van der Waals surface area contributed by atoms with E-state index in [2.05, 4.69) is 23.6 Å². The second kappa shape index (κ2) is 19.6. The number of carbonyl (C=O) groups is 3. The van der Waals surface area contributed by atoms with Gasteiger partial charge < -0.3 is 19.7 Å². The summed E-state index contributed by atoms with van der Waals surface area (Å²) in [5.41, 5.74) is 0. The van der Waals surface area contributed by atoms with Gasteiger partial charge in [-0.15, -0.1) is 0 Å². The largest absolute Gasteiger partial charge is 0.550 e. The number of carboxylic acid groups (broad SMARTS) is 2. The van der Waals surface area contributed by atoms with Crippen LogP contribution in [-0.4, -0.2) is 41.9 Å². The molecule has 9 heteroatoms. The Morgan fingerprint density at radius 1 is 0.714 bits per heavy atom. The summed E-state index contributed by atoms with van der Waals surface area (Å²) < 4.78 is 9.90. The lowest BCUT2D eigenvalue weighted by molar-refractivity contribution is -0.219. The second-order valence-corrected chi connectivity index (χ2v) is 6.40. The maximum atomic E-state index is 11.4. The molecule has 0 rings (SSSR count). The predicted octanol–water partition coefficient (Wildman–Crippen LogP) is 5.86. The Labute approximate surface area is 167 Å². The fraction of sp³-hybridized carbons (Fsp3) is 0.842. The molecule has 2 unspecified atom stereocenters. The Kier molecular flexibility index (Phi) is 19.6. The number of unbranched alkanes of at least 4 members (excludes halogenated alkanes) is 2. The van der Waals surface area contributed by atoms with Crippen molar-refractivity contribution in [3.63, 3.8) is 0 Å². The minimum Gasteiger partial charge on any atom is -0.450 e. The minimum absolute atomic E-state index is 0.267. The lowest BCUT2D eigenvalue weighted by Gasteiger charge is -2.14. The van der Waals surface area contributed by atoms with Crippen molar-refractivity contribution < 1.29 is 43.8 Å². The smallest absolute Gasteiger partial charge is 0.450 e. The molecule has 2 N–H and O–H groups in total. The Morgan fingerprint density at radius 3 is 1.29 bits per heavy atom. The molecule has 0 aliphatic heterocycles. The van der Waals surface area contributed by atoms with Crippen molar-refractivity contribution in [1.29, 1.82) is 0 Å². The first-order valence-corrected chi connectivity index (χ1v) is 9.90. The average Bonchev–Trinajstić information content (AvgIpc) is 2.66. The van der Waals surface area contributed by atoms with Gasteiger partial charge in [-0.05, 0) is 24.7 Å². The van der Waals surface area contributed by atoms with Crippen molar-refractivity contribution in [3.05, 3.63) is 0 Å². The molecule has 2 atom stereocenters. The molecular formula is C19H36O9. The summed E-state index contributed by atoms with van der Waals surface area (Å²) in [6, 6.07) is 0. The van der Waals surface area contributed by atoms with Crippen LogP contribution in [0.1, 0.15) is 79.1 Å². The molecule has 0 aromatic rings. The summed E-state index contributed by atoms with van der Waals surface area (Å²) >= 11 is 0. The molecule has 166 valence electrons. The van der Waals surface area contributed by atoms with Gasteiger partial charge in [0.05, 0.1) is 13.2 Å². The highest BCUT2D eigenvalue weighted by Crippen LogP contribution is 2.14. The Morgan fingerprint density at radius 2 is 1.04 bits per heavy atom. The highest BCUT2D eigenvalue weighted by molar-refractivity contribution is 5.63. The molecule has 28 heavy (non-hydrogen) atoms. The first kappa shape index (κ1) is 28.0. The van der Waals surface area contributed by atoms with E-state index in [0.717, 1.165) is 51.4 Å². The van der Waals surface area contributed by atoms with Crippen molar-refractivity contribution in [1.82, 2.24) is 0 Å². The van der Waals surface area contributed by atoms with Gasteiger partial charge in [-0.25, -0.2) is 4.79 Å². The van der Waals surface area contributed by atoms with Crippen molar-refractivity contribution in [2.75, 3.05) is 13.2 Å². The quantitative estimate of drug-likeness (QED) is 0.231. The SMILES string of the molecule is CCCCC(CC)COC(=O)OOC(=O)OCC(CC)CCCC.O=C(O)O. The summed E-state index contributed by atoms with van der Waals surface area (Å²) in [5, 5.41) is 13.9. The third-order valence-electron chi connectivity index (χ3n) is 4.14. The van der Waals surface area contributed by atoms with Gasteiger partial charge in [0.15, 0.2) is 0 Å². The van der Waals surface area contributed by atoms with Gasteiger partial charge in [0.1, 0.15) is 0 Å². The van der Waals surface area contributed by atoms with Crippen LogP contribution in [0.15, 0.2) is 0 Å². The van der Waals surface area contributed by atoms with Crippen molar-refractivity contribution in [2.24, 2.45) is 11.8 Å². The van der Waals surface area contributed by atoms with Gasteiger partial charge in [-0.1, -0.05) is 66.2 Å². The van der Waals surface area contributed by atoms with Crippen LogP contribution in [-0.2, 0) is 19.2 Å². The molecule has 0 aromatic heterocycles. The van der Waals surface area contributed by atoms with Crippen LogP contribution in [0, 0.1) is 11.8 Å². The van der Waals surface area contributed by atoms with E-state index in [9.17, 15) is 9.59 Å². The highest BCUT2D eigenvalue weighted by Gasteiger charge is 2.16. The molecular weight excluding hydrogens is 372 g/mol. The van der Waals surface area contributed by atoms with E-state index < -0.39 is 18.5 Å². The zero-order chi connectivity index (χ0) is 21.8. The zero-order valence-corrected chi connectivity index (χ0v) is 17.5. The van der Waals surface area contributed by atoms with E-state index >= 15 is 0 Å². The van der Waals surface area contributed by atoms with Crippen molar-refractivity contribution in [2.45, 2.75) is 79.1 Å². The standard InChI is InChI=1S/C18H34O6.CH2O3/c1-5-9-11-15(7-3)13-21-17(19)23-24-18(20)22-14-16(8-4)12-10-6-2;2-1(3)4/h15-16H,5-14H2,1-4H3;(H2,2,3,4). The molecule has 0 aromatic carbocycles. The molecule has 0 heterocycles. The molecule has 9 nitrogen and oxygen atoms in total. The summed E-state index contributed by atoms with van der Waals surface area (Å²) in [6.45, 7) is 8.86. The Balaban J connectivity index is 0. The highest BCUT2D eigenvalue weighted by atomic mass is 17.3. The summed E-state index contributed by atoms with van der Waals surface area (Å²) in [5.74, 6) is 0.599. The molecule has 0 spiro atoms. The summed E-state index contributed by atoms with van der Waals surface area (Å²) in [4.78, 5) is 40.0. The van der Waals surface area contributed by atoms with Gasteiger partial charge in [0.25, 0.3) is 0 Å². The number of rotatable bonds is 12. The van der Waals surface area contributed by atoms with Crippen molar-refractivity contribution >= 4 is 18.5 Å². The monoisotopic (exact) mass is 408 g/mol. The molecule has 0 radical (unpaired) electrons. The fourth-order valence-corrected chi connectivity index (χ4v) is 2.28. The van der Waals surface area contributed by atoms with Gasteiger partial charge in [-0.3, -0.25) is 0 Å². The lowest BCUT2D eigenvalue weighted by Crippen LogP contribution is -2.19. The van der Waals surface area contributed by atoms with E-state index in [0.29, 0.717) is 11.8 Å². The third-order valence-corrected chi connectivity index (χ3v) is 4.14. The molecule has 0 aliphatic carbocycles. The molecule has 0 bridgehead atoms. The lowest BCUT2D eigenvalue weighted by atomic mass is 10.0. The Bertz CT molecular complexity index is 376. The first-order valence-electron chi connectivity index (χ1n) is 9.90. The summed E-state index contributed by atoms with van der Waals surface area (Å²) in [6.07, 6.45) is 4.38. The molecule has 0 saturated heterocycles. The van der Waals surface area contributed by atoms with Crippen LogP contribution in [0.4, 0.5) is 14.4 Å². The van der Waals surface area contributed by atoms with Crippen LogP contribution in [0.5, 0.6) is 0 Å². The van der Waals surface area contributed by atoms with E-state index in [1.54, 1.807) is 0 Å². The van der Waals surface area contributed by atoms with Gasteiger partial charge in [0, 0.05) is 0 Å². The normalized spacial score (nSPS) is 12.0. The predicted molar refractivity (Wildman–Crippen MR) is 102 cm³/mol. The second-order valence-electron chi connectivity index (χ2n) is 6.40. The molecule has 0 saturated carbocycles. The van der Waals surface area contributed by atoms with Crippen LogP contribution in [0.3, 0.4) is 0 Å². The minimum atomic E-state index is -1.83. The first-order chi connectivity index (χ1) is 13.3. The maximum absolute atomic E-state index is 11.4. The fourth-order valence-electron chi connectivity index (χ4n) is 2.28. The number of carbonyl (C=O) groups excluding carboxylic acids is 2. The number of ether oxygens (including phenoxy) is 2. The third kappa shape index (κ3) is 20.1.